The summed E-state index contributed by atoms with van der Waals surface area (Å²) in [5, 5.41) is 3.58. The van der Waals surface area contributed by atoms with Crippen LogP contribution in [0, 0.1) is 0 Å². The molecule has 2 rings (SSSR count). The average Bonchev–Trinajstić information content (AvgIpc) is 3.05. The first-order valence-electron chi connectivity index (χ1n) is 6.64. The summed E-state index contributed by atoms with van der Waals surface area (Å²) in [5.41, 5.74) is 0. The van der Waals surface area contributed by atoms with E-state index < -0.39 is 0 Å². The second kappa shape index (κ2) is 5.69. The Kier molecular flexibility index (Phi) is 4.24. The lowest BCUT2D eigenvalue weighted by Crippen LogP contribution is -2.42. The monoisotopic (exact) mass is 236 g/mol. The summed E-state index contributed by atoms with van der Waals surface area (Å²) in [5.74, 6) is 1.06. The Labute approximate surface area is 104 Å². The smallest absolute Gasteiger partial charge is 0.105 e. The Morgan fingerprint density at radius 2 is 2.24 bits per heavy atom. The molecule has 3 nitrogen and oxygen atoms in total. The molecule has 0 amide bonds. The SMILES string of the molecule is CC(Cc1ccco1)NCC(C)N(C)C1CC1. The molecule has 3 heteroatoms. The van der Waals surface area contributed by atoms with E-state index in [9.17, 15) is 0 Å². The predicted molar refractivity (Wildman–Crippen MR) is 70.1 cm³/mol. The molecule has 1 N–H and O–H groups in total. The first kappa shape index (κ1) is 12.7. The molecule has 0 spiro atoms. The van der Waals surface area contributed by atoms with E-state index in [1.165, 1.54) is 12.8 Å². The number of nitrogens with zero attached hydrogens (tertiary/aromatic N) is 1. The van der Waals surface area contributed by atoms with Gasteiger partial charge in [-0.2, -0.15) is 0 Å². The predicted octanol–water partition coefficient (Wildman–Crippen LogP) is 2.28. The van der Waals surface area contributed by atoms with E-state index in [2.05, 4.69) is 31.1 Å². The number of likely N-dealkylation sites (N-methyl/N-ethyl adjacent to an activating group) is 1. The second-order valence-corrected chi connectivity index (χ2v) is 5.34. The van der Waals surface area contributed by atoms with E-state index in [-0.39, 0.29) is 0 Å². The fourth-order valence-corrected chi connectivity index (χ4v) is 2.16. The lowest BCUT2D eigenvalue weighted by molar-refractivity contribution is 0.235. The van der Waals surface area contributed by atoms with Gasteiger partial charge in [0, 0.05) is 31.1 Å². The maximum atomic E-state index is 5.36. The maximum Gasteiger partial charge on any atom is 0.105 e. The lowest BCUT2D eigenvalue weighted by Gasteiger charge is -2.26. The standard InChI is InChI=1S/C14H24N2O/c1-11(9-14-5-4-8-17-14)15-10-12(2)16(3)13-6-7-13/h4-5,8,11-13,15H,6-7,9-10H2,1-3H3. The zero-order valence-corrected chi connectivity index (χ0v) is 11.1. The van der Waals surface area contributed by atoms with Gasteiger partial charge < -0.3 is 9.73 Å². The highest BCUT2D eigenvalue weighted by Crippen LogP contribution is 2.26. The van der Waals surface area contributed by atoms with Gasteiger partial charge in [-0.25, -0.2) is 0 Å². The van der Waals surface area contributed by atoms with Crippen molar-refractivity contribution in [1.82, 2.24) is 10.2 Å². The van der Waals surface area contributed by atoms with Crippen LogP contribution >= 0.6 is 0 Å². The number of hydrogen-bond donors (Lipinski definition) is 1. The molecule has 1 aromatic heterocycles. The van der Waals surface area contributed by atoms with Crippen LogP contribution in [0.1, 0.15) is 32.4 Å². The molecule has 0 radical (unpaired) electrons. The highest BCUT2D eigenvalue weighted by molar-refractivity contribution is 5.00. The van der Waals surface area contributed by atoms with Crippen LogP contribution in [-0.4, -0.2) is 36.6 Å². The summed E-state index contributed by atoms with van der Waals surface area (Å²) in [6.07, 6.45) is 5.46. The molecule has 96 valence electrons. The molecule has 1 fully saturated rings. The molecule has 2 unspecified atom stereocenters. The van der Waals surface area contributed by atoms with E-state index in [0.29, 0.717) is 12.1 Å². The van der Waals surface area contributed by atoms with Crippen LogP contribution < -0.4 is 5.32 Å². The van der Waals surface area contributed by atoms with Gasteiger partial charge in [0.25, 0.3) is 0 Å². The number of furan rings is 1. The third-order valence-electron chi connectivity index (χ3n) is 3.67. The quantitative estimate of drug-likeness (QED) is 0.787. The maximum absolute atomic E-state index is 5.36. The molecule has 1 saturated carbocycles. The van der Waals surface area contributed by atoms with Crippen LogP contribution in [0.3, 0.4) is 0 Å². The highest BCUT2D eigenvalue weighted by atomic mass is 16.3. The molecular weight excluding hydrogens is 212 g/mol. The molecule has 1 aliphatic rings. The van der Waals surface area contributed by atoms with Gasteiger partial charge in [-0.3, -0.25) is 4.90 Å². The van der Waals surface area contributed by atoms with Crippen molar-refractivity contribution >= 4 is 0 Å². The fraction of sp³-hybridized carbons (Fsp3) is 0.714. The molecule has 0 aliphatic heterocycles. The first-order chi connectivity index (χ1) is 8.16. The summed E-state index contributed by atoms with van der Waals surface area (Å²) >= 11 is 0. The van der Waals surface area contributed by atoms with Gasteiger partial charge in [-0.15, -0.1) is 0 Å². The van der Waals surface area contributed by atoms with Crippen molar-refractivity contribution in [2.24, 2.45) is 0 Å². The molecule has 0 aromatic carbocycles. The molecule has 0 saturated heterocycles. The molecule has 1 aliphatic carbocycles. The van der Waals surface area contributed by atoms with Gasteiger partial charge in [0.05, 0.1) is 6.26 Å². The topological polar surface area (TPSA) is 28.4 Å². The summed E-state index contributed by atoms with van der Waals surface area (Å²) in [6, 6.07) is 5.91. The normalized spacial score (nSPS) is 19.5. The number of hydrogen-bond acceptors (Lipinski definition) is 3. The minimum absolute atomic E-state index is 0.469. The van der Waals surface area contributed by atoms with Crippen LogP contribution in [0.4, 0.5) is 0 Å². The van der Waals surface area contributed by atoms with Crippen LogP contribution in [0.2, 0.25) is 0 Å². The Hall–Kier alpha value is -0.800. The third kappa shape index (κ3) is 3.86. The molecular formula is C14H24N2O. The summed E-state index contributed by atoms with van der Waals surface area (Å²) < 4.78 is 5.36. The van der Waals surface area contributed by atoms with Crippen LogP contribution in [0.5, 0.6) is 0 Å². The fourth-order valence-electron chi connectivity index (χ4n) is 2.16. The van der Waals surface area contributed by atoms with Crippen molar-refractivity contribution in [2.45, 2.75) is 51.2 Å². The Morgan fingerprint density at radius 1 is 1.47 bits per heavy atom. The molecule has 0 bridgehead atoms. The van der Waals surface area contributed by atoms with Crippen molar-refractivity contribution in [3.63, 3.8) is 0 Å². The minimum Gasteiger partial charge on any atom is -0.469 e. The van der Waals surface area contributed by atoms with Crippen molar-refractivity contribution in [3.05, 3.63) is 24.2 Å². The van der Waals surface area contributed by atoms with Gasteiger partial charge in [0.15, 0.2) is 0 Å². The Bertz CT molecular complexity index is 319. The van der Waals surface area contributed by atoms with Gasteiger partial charge in [-0.1, -0.05) is 0 Å². The van der Waals surface area contributed by atoms with Crippen molar-refractivity contribution < 1.29 is 4.42 Å². The van der Waals surface area contributed by atoms with Crippen molar-refractivity contribution in [2.75, 3.05) is 13.6 Å². The Morgan fingerprint density at radius 3 is 2.82 bits per heavy atom. The van der Waals surface area contributed by atoms with Gasteiger partial charge in [0.2, 0.25) is 0 Å². The number of nitrogens with one attached hydrogen (secondary N) is 1. The van der Waals surface area contributed by atoms with E-state index >= 15 is 0 Å². The zero-order valence-electron chi connectivity index (χ0n) is 11.1. The molecule has 2 atom stereocenters. The highest BCUT2D eigenvalue weighted by Gasteiger charge is 2.28. The second-order valence-electron chi connectivity index (χ2n) is 5.34. The van der Waals surface area contributed by atoms with Crippen molar-refractivity contribution in [1.29, 1.82) is 0 Å². The minimum atomic E-state index is 0.469. The van der Waals surface area contributed by atoms with E-state index in [4.69, 9.17) is 4.42 Å². The number of rotatable bonds is 7. The zero-order chi connectivity index (χ0) is 12.3. The summed E-state index contributed by atoms with van der Waals surface area (Å²) in [7, 11) is 2.24. The van der Waals surface area contributed by atoms with Gasteiger partial charge >= 0.3 is 0 Å². The summed E-state index contributed by atoms with van der Waals surface area (Å²) in [6.45, 7) is 5.56. The Balaban J connectivity index is 1.66. The van der Waals surface area contributed by atoms with E-state index in [0.717, 1.165) is 24.8 Å². The van der Waals surface area contributed by atoms with E-state index in [1.807, 2.05) is 12.1 Å². The van der Waals surface area contributed by atoms with Crippen LogP contribution in [0.15, 0.2) is 22.8 Å². The third-order valence-corrected chi connectivity index (χ3v) is 3.67. The lowest BCUT2D eigenvalue weighted by atomic mass is 10.2. The van der Waals surface area contributed by atoms with Gasteiger partial charge in [0.1, 0.15) is 5.76 Å². The van der Waals surface area contributed by atoms with Gasteiger partial charge in [-0.05, 0) is 45.9 Å². The van der Waals surface area contributed by atoms with Crippen molar-refractivity contribution in [3.8, 4) is 0 Å². The molecule has 1 heterocycles. The van der Waals surface area contributed by atoms with E-state index in [1.54, 1.807) is 6.26 Å². The average molecular weight is 236 g/mol. The molecule has 1 aromatic rings. The van der Waals surface area contributed by atoms with Crippen LogP contribution in [0.25, 0.3) is 0 Å². The first-order valence-corrected chi connectivity index (χ1v) is 6.64. The van der Waals surface area contributed by atoms with Crippen LogP contribution in [-0.2, 0) is 6.42 Å². The largest absolute Gasteiger partial charge is 0.469 e. The summed E-state index contributed by atoms with van der Waals surface area (Å²) in [4.78, 5) is 2.49. The molecule has 17 heavy (non-hydrogen) atoms.